The molecule has 0 saturated heterocycles. The molecule has 1 heterocycles. The summed E-state index contributed by atoms with van der Waals surface area (Å²) in [5, 5.41) is 7.59. The molecule has 0 spiro atoms. The van der Waals surface area contributed by atoms with Gasteiger partial charge in [0, 0.05) is 23.7 Å². The summed E-state index contributed by atoms with van der Waals surface area (Å²) < 4.78 is 1.83. The van der Waals surface area contributed by atoms with E-state index in [1.165, 1.54) is 16.0 Å². The molecule has 1 aromatic heterocycles. The quantitative estimate of drug-likeness (QED) is 0.842. The molecule has 1 atom stereocenters. The number of nitrogens with one attached hydrogen (secondary N) is 1. The van der Waals surface area contributed by atoms with E-state index in [4.69, 9.17) is 0 Å². The topological polar surface area (TPSA) is 29.9 Å². The highest BCUT2D eigenvalue weighted by atomic mass is 32.2. The summed E-state index contributed by atoms with van der Waals surface area (Å²) in [6.45, 7) is 0. The third-order valence-electron chi connectivity index (χ3n) is 2.80. The normalized spacial score (nSPS) is 12.6. The lowest BCUT2D eigenvalue weighted by Gasteiger charge is -2.17. The van der Waals surface area contributed by atoms with Crippen molar-refractivity contribution in [3.05, 3.63) is 47.8 Å². The minimum Gasteiger partial charge on any atom is -0.309 e. The summed E-state index contributed by atoms with van der Waals surface area (Å²) in [4.78, 5) is 1.30. The molecule has 1 unspecified atom stereocenters. The van der Waals surface area contributed by atoms with Gasteiger partial charge >= 0.3 is 0 Å². The molecule has 0 radical (unpaired) electrons. The van der Waals surface area contributed by atoms with Gasteiger partial charge in [0.1, 0.15) is 0 Å². The largest absolute Gasteiger partial charge is 0.309 e. The molecular formula is C13H17N3S. The molecule has 1 aromatic carbocycles. The second-order valence-corrected chi connectivity index (χ2v) is 4.76. The summed E-state index contributed by atoms with van der Waals surface area (Å²) in [7, 11) is 3.92. The number of thioether (sulfide) groups is 1. The molecule has 17 heavy (non-hydrogen) atoms. The smallest absolute Gasteiger partial charge is 0.0616 e. The second-order valence-electron chi connectivity index (χ2n) is 3.91. The van der Waals surface area contributed by atoms with Gasteiger partial charge in [-0.25, -0.2) is 0 Å². The molecule has 2 rings (SSSR count). The molecule has 0 aliphatic carbocycles. The van der Waals surface area contributed by atoms with Gasteiger partial charge in [0.25, 0.3) is 0 Å². The summed E-state index contributed by atoms with van der Waals surface area (Å²) in [6.07, 6.45) is 6.07. The molecule has 0 saturated carbocycles. The lowest BCUT2D eigenvalue weighted by Crippen LogP contribution is -2.17. The van der Waals surface area contributed by atoms with Crippen molar-refractivity contribution < 1.29 is 0 Å². The van der Waals surface area contributed by atoms with Crippen LogP contribution in [-0.4, -0.2) is 23.1 Å². The fourth-order valence-electron chi connectivity index (χ4n) is 2.00. The molecule has 0 aliphatic heterocycles. The number of aryl methyl sites for hydroxylation is 1. The zero-order valence-electron chi connectivity index (χ0n) is 10.3. The molecule has 3 nitrogen and oxygen atoms in total. The Labute approximate surface area is 106 Å². The minimum absolute atomic E-state index is 0.201. The van der Waals surface area contributed by atoms with E-state index in [0.29, 0.717) is 0 Å². The van der Waals surface area contributed by atoms with Crippen LogP contribution in [0.25, 0.3) is 0 Å². The van der Waals surface area contributed by atoms with E-state index in [2.05, 4.69) is 47.1 Å². The van der Waals surface area contributed by atoms with Gasteiger partial charge in [0.2, 0.25) is 0 Å². The lowest BCUT2D eigenvalue weighted by atomic mass is 10.0. The van der Waals surface area contributed by atoms with Crippen molar-refractivity contribution in [1.82, 2.24) is 15.1 Å². The van der Waals surface area contributed by atoms with Crippen LogP contribution in [0.4, 0.5) is 0 Å². The first-order valence-corrected chi connectivity index (χ1v) is 6.77. The molecule has 90 valence electrons. The number of hydrogen-bond donors (Lipinski definition) is 1. The van der Waals surface area contributed by atoms with Crippen molar-refractivity contribution in [1.29, 1.82) is 0 Å². The summed E-state index contributed by atoms with van der Waals surface area (Å²) in [5.74, 6) is 0. The van der Waals surface area contributed by atoms with E-state index in [0.717, 1.165) is 0 Å². The Hall–Kier alpha value is -1.26. The van der Waals surface area contributed by atoms with Crippen LogP contribution in [0.2, 0.25) is 0 Å². The fraction of sp³-hybridized carbons (Fsp3) is 0.308. The number of benzene rings is 1. The molecule has 4 heteroatoms. The third-order valence-corrected chi connectivity index (χ3v) is 3.61. The van der Waals surface area contributed by atoms with Gasteiger partial charge in [-0.2, -0.15) is 5.10 Å². The Morgan fingerprint density at radius 3 is 2.71 bits per heavy atom. The summed E-state index contributed by atoms with van der Waals surface area (Å²) >= 11 is 1.77. The number of rotatable bonds is 4. The summed E-state index contributed by atoms with van der Waals surface area (Å²) in [6, 6.07) is 8.68. The van der Waals surface area contributed by atoms with Crippen molar-refractivity contribution in [2.24, 2.45) is 7.05 Å². The molecule has 0 aliphatic rings. The van der Waals surface area contributed by atoms with Crippen LogP contribution in [0.15, 0.2) is 41.6 Å². The van der Waals surface area contributed by atoms with Gasteiger partial charge in [-0.15, -0.1) is 11.8 Å². The molecule has 0 bridgehead atoms. The van der Waals surface area contributed by atoms with E-state index in [1.807, 2.05) is 25.0 Å². The lowest BCUT2D eigenvalue weighted by molar-refractivity contribution is 0.678. The Kier molecular flexibility index (Phi) is 3.86. The Balaban J connectivity index is 2.41. The van der Waals surface area contributed by atoms with Crippen LogP contribution in [0.1, 0.15) is 17.2 Å². The zero-order valence-corrected chi connectivity index (χ0v) is 11.2. The van der Waals surface area contributed by atoms with Crippen molar-refractivity contribution in [2.45, 2.75) is 10.9 Å². The molecule has 2 aromatic rings. The fourth-order valence-corrected chi connectivity index (χ4v) is 2.63. The first-order chi connectivity index (χ1) is 8.26. The Morgan fingerprint density at radius 2 is 2.12 bits per heavy atom. The van der Waals surface area contributed by atoms with Crippen molar-refractivity contribution in [2.75, 3.05) is 13.3 Å². The van der Waals surface area contributed by atoms with E-state index >= 15 is 0 Å². The van der Waals surface area contributed by atoms with Crippen LogP contribution >= 0.6 is 11.8 Å². The van der Waals surface area contributed by atoms with Gasteiger partial charge in [-0.1, -0.05) is 18.2 Å². The first-order valence-electron chi connectivity index (χ1n) is 5.55. The van der Waals surface area contributed by atoms with Gasteiger partial charge in [-0.05, 0) is 24.9 Å². The maximum Gasteiger partial charge on any atom is 0.0616 e. The predicted octanol–water partition coefficient (Wildman–Crippen LogP) is 2.45. The molecule has 1 N–H and O–H groups in total. The average Bonchev–Trinajstić information content (AvgIpc) is 2.77. The van der Waals surface area contributed by atoms with Crippen molar-refractivity contribution >= 4 is 11.8 Å². The maximum absolute atomic E-state index is 4.24. The van der Waals surface area contributed by atoms with Crippen LogP contribution < -0.4 is 5.32 Å². The second kappa shape index (κ2) is 5.38. The van der Waals surface area contributed by atoms with Crippen LogP contribution in [-0.2, 0) is 7.05 Å². The van der Waals surface area contributed by atoms with E-state index in [9.17, 15) is 0 Å². The molecular weight excluding hydrogens is 230 g/mol. The Bertz CT molecular complexity index is 493. The van der Waals surface area contributed by atoms with Gasteiger partial charge in [0.05, 0.1) is 12.2 Å². The van der Waals surface area contributed by atoms with Crippen LogP contribution in [0.5, 0.6) is 0 Å². The van der Waals surface area contributed by atoms with Gasteiger partial charge < -0.3 is 5.32 Å². The summed E-state index contributed by atoms with van der Waals surface area (Å²) in [5.41, 5.74) is 2.49. The molecule has 0 fully saturated rings. The Morgan fingerprint density at radius 1 is 1.35 bits per heavy atom. The van der Waals surface area contributed by atoms with Gasteiger partial charge in [0.15, 0.2) is 0 Å². The van der Waals surface area contributed by atoms with E-state index < -0.39 is 0 Å². The average molecular weight is 247 g/mol. The molecule has 0 amide bonds. The van der Waals surface area contributed by atoms with Crippen LogP contribution in [0, 0.1) is 0 Å². The highest BCUT2D eigenvalue weighted by Gasteiger charge is 2.16. The van der Waals surface area contributed by atoms with E-state index in [-0.39, 0.29) is 6.04 Å². The number of hydrogen-bond acceptors (Lipinski definition) is 3. The SMILES string of the molecule is CNC(c1cnn(C)c1)c1ccccc1SC. The van der Waals surface area contributed by atoms with Crippen molar-refractivity contribution in [3.63, 3.8) is 0 Å². The number of nitrogens with zero attached hydrogens (tertiary/aromatic N) is 2. The van der Waals surface area contributed by atoms with Crippen LogP contribution in [0.3, 0.4) is 0 Å². The zero-order chi connectivity index (χ0) is 12.3. The minimum atomic E-state index is 0.201. The van der Waals surface area contributed by atoms with E-state index in [1.54, 1.807) is 11.8 Å². The third kappa shape index (κ3) is 2.53. The number of aromatic nitrogens is 2. The standard InChI is InChI=1S/C13H17N3S/c1-14-13(10-8-15-16(2)9-10)11-6-4-5-7-12(11)17-3/h4-9,13-14H,1-3H3. The highest BCUT2D eigenvalue weighted by Crippen LogP contribution is 2.29. The predicted molar refractivity (Wildman–Crippen MR) is 72.3 cm³/mol. The van der Waals surface area contributed by atoms with Gasteiger partial charge in [-0.3, -0.25) is 4.68 Å². The van der Waals surface area contributed by atoms with Crippen molar-refractivity contribution in [3.8, 4) is 0 Å². The monoisotopic (exact) mass is 247 g/mol. The highest BCUT2D eigenvalue weighted by molar-refractivity contribution is 7.98. The first kappa shape index (κ1) is 12.2. The maximum atomic E-state index is 4.24.